The summed E-state index contributed by atoms with van der Waals surface area (Å²) in [4.78, 5) is 16.9. The van der Waals surface area contributed by atoms with Crippen LogP contribution in [-0.4, -0.2) is 38.8 Å². The molecule has 0 bridgehead atoms. The van der Waals surface area contributed by atoms with Gasteiger partial charge in [0.25, 0.3) is 5.91 Å². The van der Waals surface area contributed by atoms with Crippen LogP contribution >= 0.6 is 11.3 Å². The number of allylic oxidation sites excluding steroid dienone is 1. The van der Waals surface area contributed by atoms with Crippen molar-refractivity contribution in [2.45, 2.75) is 12.8 Å². The monoisotopic (exact) mass is 407 g/mol. The number of carbonyl (C=O) groups excluding carboxylic acids is 1. The number of sulfonamides is 1. The van der Waals surface area contributed by atoms with E-state index in [0.717, 1.165) is 24.7 Å². The van der Waals surface area contributed by atoms with Gasteiger partial charge in [-0.05, 0) is 36.5 Å². The second-order valence-corrected chi connectivity index (χ2v) is 8.92. The third-order valence-electron chi connectivity index (χ3n) is 4.06. The first kappa shape index (κ1) is 19.5. The lowest BCUT2D eigenvalue weighted by Gasteiger charge is -2.20. The maximum atomic E-state index is 12.8. The number of nitrogens with zero attached hydrogens (tertiary/aromatic N) is 1. The first-order valence-electron chi connectivity index (χ1n) is 8.49. The van der Waals surface area contributed by atoms with E-state index in [-0.39, 0.29) is 11.8 Å². The van der Waals surface area contributed by atoms with E-state index in [2.05, 4.69) is 15.0 Å². The van der Waals surface area contributed by atoms with E-state index >= 15 is 0 Å². The van der Waals surface area contributed by atoms with Gasteiger partial charge in [0.1, 0.15) is 0 Å². The number of hydrogen-bond donors (Lipinski definition) is 2. The number of thiazole rings is 1. The summed E-state index contributed by atoms with van der Waals surface area (Å²) >= 11 is 1.35. The van der Waals surface area contributed by atoms with Crippen molar-refractivity contribution in [3.8, 4) is 0 Å². The Kier molecular flexibility index (Phi) is 6.25. The molecule has 0 radical (unpaired) electrons. The Morgan fingerprint density at radius 2 is 1.96 bits per heavy atom. The Morgan fingerprint density at radius 1 is 1.26 bits per heavy atom. The van der Waals surface area contributed by atoms with Crippen molar-refractivity contribution in [2.75, 3.05) is 29.5 Å². The van der Waals surface area contributed by atoms with Crippen LogP contribution in [0.3, 0.4) is 0 Å². The maximum absolute atomic E-state index is 12.8. The summed E-state index contributed by atoms with van der Waals surface area (Å²) in [5.74, 6) is 0.0184. The highest BCUT2D eigenvalue weighted by molar-refractivity contribution is 7.92. The van der Waals surface area contributed by atoms with Crippen molar-refractivity contribution in [1.82, 2.24) is 4.98 Å². The zero-order chi connectivity index (χ0) is 19.3. The molecule has 7 nitrogen and oxygen atoms in total. The Bertz CT molecular complexity index is 901. The molecule has 2 aromatic rings. The van der Waals surface area contributed by atoms with E-state index in [1.807, 2.05) is 6.08 Å². The van der Waals surface area contributed by atoms with Crippen molar-refractivity contribution in [3.63, 3.8) is 0 Å². The van der Waals surface area contributed by atoms with E-state index in [1.54, 1.807) is 35.8 Å². The highest BCUT2D eigenvalue weighted by Gasteiger charge is 2.18. The summed E-state index contributed by atoms with van der Waals surface area (Å²) in [5.41, 5.74) is 1.71. The summed E-state index contributed by atoms with van der Waals surface area (Å²) in [6.07, 6.45) is 6.43. The Morgan fingerprint density at radius 3 is 2.56 bits per heavy atom. The summed E-state index contributed by atoms with van der Waals surface area (Å²) in [5, 5.41) is 5.15. The summed E-state index contributed by atoms with van der Waals surface area (Å²) in [7, 11) is -3.35. The zero-order valence-electron chi connectivity index (χ0n) is 14.8. The molecule has 1 fully saturated rings. The van der Waals surface area contributed by atoms with E-state index in [1.165, 1.54) is 11.3 Å². The number of nitrogens with one attached hydrogen (secondary N) is 2. The second-order valence-electron chi connectivity index (χ2n) is 6.27. The minimum Gasteiger partial charge on any atom is -0.381 e. The van der Waals surface area contributed by atoms with Gasteiger partial charge in [-0.25, -0.2) is 13.4 Å². The zero-order valence-corrected chi connectivity index (χ0v) is 16.5. The minimum absolute atomic E-state index is 0.236. The van der Waals surface area contributed by atoms with Crippen LogP contribution in [0.2, 0.25) is 0 Å². The highest BCUT2D eigenvalue weighted by Crippen LogP contribution is 2.26. The molecule has 27 heavy (non-hydrogen) atoms. The third kappa shape index (κ3) is 5.88. The SMILES string of the molecule is CS(=O)(=O)Nc1ccc(/C(=C\C2CCOCC2)C(=O)Nc2nccs2)cc1. The fourth-order valence-electron chi connectivity index (χ4n) is 2.80. The molecule has 0 unspecified atom stereocenters. The molecule has 1 aliphatic heterocycles. The van der Waals surface area contributed by atoms with E-state index < -0.39 is 10.0 Å². The molecule has 1 aromatic carbocycles. The number of anilines is 2. The molecule has 0 spiro atoms. The van der Waals surface area contributed by atoms with Crippen LogP contribution in [0.25, 0.3) is 5.57 Å². The van der Waals surface area contributed by atoms with Gasteiger partial charge in [0, 0.05) is 36.1 Å². The highest BCUT2D eigenvalue weighted by atomic mass is 32.2. The van der Waals surface area contributed by atoms with Gasteiger partial charge in [-0.1, -0.05) is 18.2 Å². The van der Waals surface area contributed by atoms with Crippen LogP contribution in [-0.2, 0) is 19.6 Å². The van der Waals surface area contributed by atoms with Crippen LogP contribution < -0.4 is 10.0 Å². The molecule has 0 aliphatic carbocycles. The van der Waals surface area contributed by atoms with Gasteiger partial charge >= 0.3 is 0 Å². The topological polar surface area (TPSA) is 97.4 Å². The van der Waals surface area contributed by atoms with Gasteiger partial charge in [0.05, 0.1) is 6.26 Å². The fourth-order valence-corrected chi connectivity index (χ4v) is 3.89. The molecule has 2 heterocycles. The Balaban J connectivity index is 1.86. The third-order valence-corrected chi connectivity index (χ3v) is 5.36. The molecular formula is C18H21N3O4S2. The summed E-state index contributed by atoms with van der Waals surface area (Å²) in [6.45, 7) is 1.36. The number of amides is 1. The van der Waals surface area contributed by atoms with Crippen LogP contribution in [0.15, 0.2) is 41.9 Å². The van der Waals surface area contributed by atoms with Gasteiger partial charge in [-0.3, -0.25) is 14.8 Å². The van der Waals surface area contributed by atoms with Crippen LogP contribution in [0.4, 0.5) is 10.8 Å². The molecule has 1 aliphatic rings. The lowest BCUT2D eigenvalue weighted by atomic mass is 9.94. The van der Waals surface area contributed by atoms with Gasteiger partial charge in [-0.15, -0.1) is 11.3 Å². The molecule has 1 amide bonds. The molecule has 3 rings (SSSR count). The quantitative estimate of drug-likeness (QED) is 0.718. The number of rotatable bonds is 6. The average Bonchev–Trinajstić information content (AvgIpc) is 3.13. The number of benzene rings is 1. The molecule has 1 aromatic heterocycles. The van der Waals surface area contributed by atoms with Crippen LogP contribution in [0.5, 0.6) is 0 Å². The predicted octanol–water partition coefficient (Wildman–Crippen LogP) is 2.96. The fraction of sp³-hybridized carbons (Fsp3) is 0.333. The molecule has 9 heteroatoms. The van der Waals surface area contributed by atoms with Crippen molar-refractivity contribution in [3.05, 3.63) is 47.5 Å². The van der Waals surface area contributed by atoms with Crippen molar-refractivity contribution in [2.24, 2.45) is 5.92 Å². The molecule has 0 saturated carbocycles. The van der Waals surface area contributed by atoms with Crippen molar-refractivity contribution in [1.29, 1.82) is 0 Å². The standard InChI is InChI=1S/C18H21N3O4S2/c1-27(23,24)21-15-4-2-14(3-5-15)16(12-13-6-9-25-10-7-13)17(22)20-18-19-8-11-26-18/h2-5,8,11-13,21H,6-7,9-10H2,1H3,(H,19,20,22)/b16-12+. The lowest BCUT2D eigenvalue weighted by molar-refractivity contribution is -0.111. The number of carbonyl (C=O) groups is 1. The van der Waals surface area contributed by atoms with Gasteiger partial charge < -0.3 is 4.74 Å². The molecule has 1 saturated heterocycles. The predicted molar refractivity (Wildman–Crippen MR) is 107 cm³/mol. The van der Waals surface area contributed by atoms with E-state index in [9.17, 15) is 13.2 Å². The molecule has 2 N–H and O–H groups in total. The normalized spacial score (nSPS) is 16.1. The number of hydrogen-bond acceptors (Lipinski definition) is 6. The van der Waals surface area contributed by atoms with E-state index in [0.29, 0.717) is 29.6 Å². The summed E-state index contributed by atoms with van der Waals surface area (Å²) in [6, 6.07) is 6.76. The maximum Gasteiger partial charge on any atom is 0.257 e. The second kappa shape index (κ2) is 8.64. The molecule has 0 atom stereocenters. The van der Waals surface area contributed by atoms with E-state index in [4.69, 9.17) is 4.74 Å². The van der Waals surface area contributed by atoms with Crippen LogP contribution in [0, 0.1) is 5.92 Å². The Labute approximate surface area is 162 Å². The number of aromatic nitrogens is 1. The lowest BCUT2D eigenvalue weighted by Crippen LogP contribution is -2.18. The average molecular weight is 408 g/mol. The smallest absolute Gasteiger partial charge is 0.257 e. The van der Waals surface area contributed by atoms with Gasteiger partial charge in [0.15, 0.2) is 5.13 Å². The van der Waals surface area contributed by atoms with Crippen LogP contribution in [0.1, 0.15) is 18.4 Å². The van der Waals surface area contributed by atoms with Crippen molar-refractivity contribution >= 4 is 43.7 Å². The molecular weight excluding hydrogens is 386 g/mol. The molecule has 144 valence electrons. The number of ether oxygens (including phenoxy) is 1. The Hall–Kier alpha value is -2.23. The minimum atomic E-state index is -3.35. The van der Waals surface area contributed by atoms with Crippen molar-refractivity contribution < 1.29 is 17.9 Å². The first-order chi connectivity index (χ1) is 12.9. The van der Waals surface area contributed by atoms with Gasteiger partial charge in [0.2, 0.25) is 10.0 Å². The summed E-state index contributed by atoms with van der Waals surface area (Å²) < 4.78 is 30.5. The first-order valence-corrected chi connectivity index (χ1v) is 11.3. The largest absolute Gasteiger partial charge is 0.381 e. The van der Waals surface area contributed by atoms with Gasteiger partial charge in [-0.2, -0.15) is 0 Å².